The van der Waals surface area contributed by atoms with Crippen molar-refractivity contribution in [1.29, 1.82) is 0 Å². The normalized spacial score (nSPS) is 19.1. The fourth-order valence-corrected chi connectivity index (χ4v) is 5.31. The summed E-state index contributed by atoms with van der Waals surface area (Å²) in [7, 11) is 0. The fourth-order valence-electron chi connectivity index (χ4n) is 4.16. The van der Waals surface area contributed by atoms with Gasteiger partial charge in [0.2, 0.25) is 11.0 Å². The molecule has 0 unspecified atom stereocenters. The molecule has 2 fully saturated rings. The Morgan fingerprint density at radius 3 is 2.60 bits per heavy atom. The number of aromatic nitrogens is 2. The standard InChI is InChI=1S/C21H27ClFN5OS/c22-18-12-17(23)7-6-16(18)13-27-8-10-28(11-9-27)14-19(29)24-21-26-25-20(30-21)15-4-2-1-3-5-15/h6-7,12,15H,1-5,8-11,13-14H2,(H,24,26,29). The van der Waals surface area contributed by atoms with Crippen LogP contribution in [0.25, 0.3) is 0 Å². The molecule has 1 amide bonds. The Morgan fingerprint density at radius 1 is 1.13 bits per heavy atom. The van der Waals surface area contributed by atoms with Crippen molar-refractivity contribution in [3.63, 3.8) is 0 Å². The van der Waals surface area contributed by atoms with Crippen LogP contribution in [0.4, 0.5) is 9.52 Å². The minimum atomic E-state index is -0.319. The molecular weight excluding hydrogens is 425 g/mol. The summed E-state index contributed by atoms with van der Waals surface area (Å²) in [5.74, 6) is 0.141. The van der Waals surface area contributed by atoms with Crippen LogP contribution >= 0.6 is 22.9 Å². The maximum absolute atomic E-state index is 13.2. The topological polar surface area (TPSA) is 61.4 Å². The number of nitrogens with zero attached hydrogens (tertiary/aromatic N) is 4. The number of nitrogens with one attached hydrogen (secondary N) is 1. The summed E-state index contributed by atoms with van der Waals surface area (Å²) in [5.41, 5.74) is 0.925. The van der Waals surface area contributed by atoms with Gasteiger partial charge in [0, 0.05) is 43.7 Å². The molecule has 0 spiro atoms. The lowest BCUT2D eigenvalue weighted by atomic mass is 9.90. The fraction of sp³-hybridized carbons (Fsp3) is 0.571. The van der Waals surface area contributed by atoms with Gasteiger partial charge in [0.05, 0.1) is 6.54 Å². The maximum Gasteiger partial charge on any atom is 0.240 e. The highest BCUT2D eigenvalue weighted by atomic mass is 35.5. The highest BCUT2D eigenvalue weighted by molar-refractivity contribution is 7.15. The molecule has 0 bridgehead atoms. The molecule has 30 heavy (non-hydrogen) atoms. The van der Waals surface area contributed by atoms with Crippen molar-refractivity contribution in [2.75, 3.05) is 38.0 Å². The molecular formula is C21H27ClFN5OS. The van der Waals surface area contributed by atoms with Crippen LogP contribution in [0.1, 0.15) is 48.6 Å². The van der Waals surface area contributed by atoms with Crippen LogP contribution in [-0.4, -0.2) is 58.6 Å². The number of halogens is 2. The Labute approximate surface area is 185 Å². The molecule has 1 N–H and O–H groups in total. The summed E-state index contributed by atoms with van der Waals surface area (Å²) < 4.78 is 13.2. The number of hydrogen-bond acceptors (Lipinski definition) is 6. The van der Waals surface area contributed by atoms with Crippen LogP contribution in [0.3, 0.4) is 0 Å². The minimum Gasteiger partial charge on any atom is -0.299 e. The molecule has 2 heterocycles. The Bertz CT molecular complexity index is 865. The Balaban J connectivity index is 1.21. The molecule has 0 radical (unpaired) electrons. The number of amides is 1. The Hall–Kier alpha value is -1.61. The second-order valence-electron chi connectivity index (χ2n) is 8.12. The van der Waals surface area contributed by atoms with E-state index in [1.165, 1.54) is 55.6 Å². The van der Waals surface area contributed by atoms with Crippen molar-refractivity contribution in [3.05, 3.63) is 39.6 Å². The zero-order valence-corrected chi connectivity index (χ0v) is 18.5. The third kappa shape index (κ3) is 5.75. The van der Waals surface area contributed by atoms with Gasteiger partial charge >= 0.3 is 0 Å². The number of hydrogen-bond donors (Lipinski definition) is 1. The van der Waals surface area contributed by atoms with E-state index in [4.69, 9.17) is 11.6 Å². The van der Waals surface area contributed by atoms with E-state index < -0.39 is 0 Å². The van der Waals surface area contributed by atoms with E-state index in [1.54, 1.807) is 6.07 Å². The van der Waals surface area contributed by atoms with Crippen LogP contribution in [0.5, 0.6) is 0 Å². The van der Waals surface area contributed by atoms with Crippen LogP contribution < -0.4 is 5.32 Å². The number of rotatable bonds is 6. The van der Waals surface area contributed by atoms with Crippen molar-refractivity contribution in [3.8, 4) is 0 Å². The zero-order chi connectivity index (χ0) is 20.9. The molecule has 1 aliphatic carbocycles. The van der Waals surface area contributed by atoms with Crippen LogP contribution in [-0.2, 0) is 11.3 Å². The van der Waals surface area contributed by atoms with E-state index >= 15 is 0 Å². The first-order valence-corrected chi connectivity index (χ1v) is 11.8. The van der Waals surface area contributed by atoms with Crippen LogP contribution in [0, 0.1) is 5.82 Å². The summed E-state index contributed by atoms with van der Waals surface area (Å²) in [6, 6.07) is 4.53. The van der Waals surface area contributed by atoms with Crippen molar-refractivity contribution in [2.45, 2.75) is 44.6 Å². The summed E-state index contributed by atoms with van der Waals surface area (Å²) in [6.45, 7) is 4.32. The smallest absolute Gasteiger partial charge is 0.240 e. The molecule has 162 valence electrons. The molecule has 1 aromatic heterocycles. The van der Waals surface area contributed by atoms with Crippen molar-refractivity contribution in [1.82, 2.24) is 20.0 Å². The largest absolute Gasteiger partial charge is 0.299 e. The van der Waals surface area contributed by atoms with Crippen LogP contribution in [0.15, 0.2) is 18.2 Å². The second-order valence-corrected chi connectivity index (χ2v) is 9.53. The molecule has 1 aromatic carbocycles. The van der Waals surface area contributed by atoms with Gasteiger partial charge < -0.3 is 0 Å². The first kappa shape index (κ1) is 21.6. The molecule has 9 heteroatoms. The van der Waals surface area contributed by atoms with Gasteiger partial charge in [-0.25, -0.2) is 4.39 Å². The first-order chi connectivity index (χ1) is 14.6. The van der Waals surface area contributed by atoms with E-state index in [0.29, 0.717) is 29.2 Å². The number of carbonyl (C=O) groups excluding carboxylic acids is 1. The van der Waals surface area contributed by atoms with Gasteiger partial charge in [-0.2, -0.15) is 0 Å². The SMILES string of the molecule is O=C(CN1CCN(Cc2ccc(F)cc2Cl)CC1)Nc1nnc(C2CCCCC2)s1. The summed E-state index contributed by atoms with van der Waals surface area (Å²) >= 11 is 7.65. The number of carbonyl (C=O) groups is 1. The van der Waals surface area contributed by atoms with Gasteiger partial charge in [-0.1, -0.05) is 48.3 Å². The predicted molar refractivity (Wildman–Crippen MR) is 117 cm³/mol. The molecule has 2 aliphatic rings. The van der Waals surface area contributed by atoms with Crippen molar-refractivity contribution < 1.29 is 9.18 Å². The lowest BCUT2D eigenvalue weighted by Gasteiger charge is -2.34. The minimum absolute atomic E-state index is 0.0450. The lowest BCUT2D eigenvalue weighted by molar-refractivity contribution is -0.117. The zero-order valence-electron chi connectivity index (χ0n) is 16.9. The number of anilines is 1. The number of piperazine rings is 1. The van der Waals surface area contributed by atoms with E-state index in [9.17, 15) is 9.18 Å². The summed E-state index contributed by atoms with van der Waals surface area (Å²) in [6.07, 6.45) is 6.17. The monoisotopic (exact) mass is 451 g/mol. The molecule has 1 saturated heterocycles. The van der Waals surface area contributed by atoms with Crippen molar-refractivity contribution in [2.24, 2.45) is 0 Å². The Morgan fingerprint density at radius 2 is 1.87 bits per heavy atom. The Kier molecular flexibility index (Phi) is 7.30. The van der Waals surface area contributed by atoms with Gasteiger partial charge in [0.25, 0.3) is 0 Å². The average molecular weight is 452 g/mol. The average Bonchev–Trinajstić information content (AvgIpc) is 3.20. The lowest BCUT2D eigenvalue weighted by Crippen LogP contribution is -2.48. The van der Waals surface area contributed by atoms with Crippen molar-refractivity contribution >= 4 is 34.0 Å². The van der Waals surface area contributed by atoms with E-state index in [2.05, 4.69) is 25.3 Å². The third-order valence-electron chi connectivity index (χ3n) is 5.88. The van der Waals surface area contributed by atoms with Gasteiger partial charge in [0.1, 0.15) is 10.8 Å². The number of benzene rings is 1. The van der Waals surface area contributed by atoms with Gasteiger partial charge in [-0.3, -0.25) is 19.9 Å². The molecule has 1 aliphatic heterocycles. The summed E-state index contributed by atoms with van der Waals surface area (Å²) in [5, 5.41) is 13.5. The first-order valence-electron chi connectivity index (χ1n) is 10.6. The van der Waals surface area contributed by atoms with Gasteiger partial charge in [-0.15, -0.1) is 10.2 Å². The van der Waals surface area contributed by atoms with Crippen LogP contribution in [0.2, 0.25) is 5.02 Å². The van der Waals surface area contributed by atoms with E-state index in [0.717, 1.165) is 36.8 Å². The molecule has 0 atom stereocenters. The molecule has 2 aromatic rings. The molecule has 1 saturated carbocycles. The highest BCUT2D eigenvalue weighted by Crippen LogP contribution is 2.35. The predicted octanol–water partition coefficient (Wildman–Crippen LogP) is 4.13. The quantitative estimate of drug-likeness (QED) is 0.715. The maximum atomic E-state index is 13.2. The summed E-state index contributed by atoms with van der Waals surface area (Å²) in [4.78, 5) is 16.8. The molecule has 6 nitrogen and oxygen atoms in total. The third-order valence-corrected chi connectivity index (χ3v) is 7.24. The highest BCUT2D eigenvalue weighted by Gasteiger charge is 2.22. The van der Waals surface area contributed by atoms with E-state index in [1.807, 2.05) is 0 Å². The molecule has 4 rings (SSSR count). The van der Waals surface area contributed by atoms with E-state index in [-0.39, 0.29) is 11.7 Å². The van der Waals surface area contributed by atoms with Gasteiger partial charge in [-0.05, 0) is 30.5 Å². The van der Waals surface area contributed by atoms with Gasteiger partial charge in [0.15, 0.2) is 0 Å². The second kappa shape index (κ2) is 10.1.